The molecule has 1 rings (SSSR count). The Morgan fingerprint density at radius 3 is 2.67 bits per heavy atom. The lowest BCUT2D eigenvalue weighted by Gasteiger charge is -2.18. The Kier molecular flexibility index (Phi) is 6.16. The van der Waals surface area contributed by atoms with Gasteiger partial charge < -0.3 is 14.7 Å². The fourth-order valence-corrected chi connectivity index (χ4v) is 1.81. The largest absolute Gasteiger partial charge is 0.493 e. The number of aliphatic hydroxyl groups is 1. The van der Waals surface area contributed by atoms with E-state index in [0.29, 0.717) is 6.61 Å². The van der Waals surface area contributed by atoms with Gasteiger partial charge >= 0.3 is 0 Å². The summed E-state index contributed by atoms with van der Waals surface area (Å²) in [6.45, 7) is 5.67. The zero-order chi connectivity index (χ0) is 13.5. The van der Waals surface area contributed by atoms with Gasteiger partial charge in [0, 0.05) is 12.1 Å². The van der Waals surface area contributed by atoms with Crippen LogP contribution >= 0.6 is 0 Å². The minimum atomic E-state index is -0.459. The Bertz CT molecular complexity index is 364. The highest BCUT2D eigenvalue weighted by Gasteiger charge is 2.14. The molecule has 0 aliphatic rings. The van der Waals surface area contributed by atoms with E-state index in [4.69, 9.17) is 4.74 Å². The van der Waals surface area contributed by atoms with Gasteiger partial charge in [0.2, 0.25) is 0 Å². The molecule has 1 N–H and O–H groups in total. The van der Waals surface area contributed by atoms with Crippen LogP contribution in [0.4, 0.5) is 0 Å². The second kappa shape index (κ2) is 7.39. The fraction of sp³-hybridized carbons (Fsp3) is 0.600. The van der Waals surface area contributed by atoms with E-state index in [0.717, 1.165) is 36.3 Å². The lowest BCUT2D eigenvalue weighted by Crippen LogP contribution is -2.16. The molecule has 0 amide bonds. The molecule has 0 aliphatic heterocycles. The highest BCUT2D eigenvalue weighted by atomic mass is 16.5. The number of benzene rings is 1. The van der Waals surface area contributed by atoms with Crippen molar-refractivity contribution in [3.8, 4) is 5.75 Å². The number of nitrogens with zero attached hydrogens (tertiary/aromatic N) is 1. The maximum atomic E-state index is 10.3. The summed E-state index contributed by atoms with van der Waals surface area (Å²) in [6, 6.07) is 6.00. The number of aryl methyl sites for hydroxylation is 1. The molecule has 0 aliphatic carbocycles. The topological polar surface area (TPSA) is 32.7 Å². The van der Waals surface area contributed by atoms with Crippen LogP contribution in [0.1, 0.15) is 37.0 Å². The molecule has 0 aromatic heterocycles. The second-order valence-corrected chi connectivity index (χ2v) is 5.00. The van der Waals surface area contributed by atoms with Gasteiger partial charge in [0.05, 0.1) is 12.7 Å². The summed E-state index contributed by atoms with van der Waals surface area (Å²) in [7, 11) is 4.02. The monoisotopic (exact) mass is 251 g/mol. The maximum absolute atomic E-state index is 10.3. The minimum Gasteiger partial charge on any atom is -0.493 e. The van der Waals surface area contributed by atoms with Crippen molar-refractivity contribution in [2.45, 2.75) is 32.8 Å². The Labute approximate surface area is 110 Å². The summed E-state index contributed by atoms with van der Waals surface area (Å²) in [4.78, 5) is 2.07. The van der Waals surface area contributed by atoms with Crippen LogP contribution in [-0.4, -0.2) is 37.3 Å². The first-order valence-electron chi connectivity index (χ1n) is 6.60. The number of rotatable bonds is 7. The van der Waals surface area contributed by atoms with Crippen molar-refractivity contribution in [2.24, 2.45) is 0 Å². The smallest absolute Gasteiger partial charge is 0.125 e. The van der Waals surface area contributed by atoms with Crippen LogP contribution in [0.2, 0.25) is 0 Å². The summed E-state index contributed by atoms with van der Waals surface area (Å²) >= 11 is 0. The third-order valence-corrected chi connectivity index (χ3v) is 2.84. The van der Waals surface area contributed by atoms with Gasteiger partial charge in [0.15, 0.2) is 0 Å². The van der Waals surface area contributed by atoms with E-state index in [1.54, 1.807) is 0 Å². The number of ether oxygens (including phenoxy) is 1. The SMILES string of the molecule is CCCOc1ccc(C)cc1C(O)CCN(C)C. The summed E-state index contributed by atoms with van der Waals surface area (Å²) in [5, 5.41) is 10.3. The van der Waals surface area contributed by atoms with Crippen LogP contribution < -0.4 is 4.74 Å². The molecule has 102 valence electrons. The first kappa shape index (κ1) is 15.0. The van der Waals surface area contributed by atoms with Gasteiger partial charge in [-0.2, -0.15) is 0 Å². The van der Waals surface area contributed by atoms with E-state index in [1.165, 1.54) is 0 Å². The molecule has 0 saturated carbocycles. The van der Waals surface area contributed by atoms with Crippen LogP contribution in [0.3, 0.4) is 0 Å². The molecule has 3 nitrogen and oxygen atoms in total. The van der Waals surface area contributed by atoms with E-state index in [9.17, 15) is 5.11 Å². The molecule has 1 unspecified atom stereocenters. The quantitative estimate of drug-likeness (QED) is 0.809. The zero-order valence-corrected chi connectivity index (χ0v) is 11.9. The first-order valence-corrected chi connectivity index (χ1v) is 6.60. The summed E-state index contributed by atoms with van der Waals surface area (Å²) in [6.07, 6.45) is 1.24. The zero-order valence-electron chi connectivity index (χ0n) is 11.9. The predicted molar refractivity (Wildman–Crippen MR) is 75.1 cm³/mol. The number of aliphatic hydroxyl groups excluding tert-OH is 1. The van der Waals surface area contributed by atoms with Crippen molar-refractivity contribution >= 4 is 0 Å². The molecule has 0 spiro atoms. The van der Waals surface area contributed by atoms with Crippen LogP contribution in [0.15, 0.2) is 18.2 Å². The molecule has 0 bridgehead atoms. The van der Waals surface area contributed by atoms with Crippen LogP contribution in [-0.2, 0) is 0 Å². The van der Waals surface area contributed by atoms with E-state index in [1.807, 2.05) is 39.2 Å². The summed E-state index contributed by atoms with van der Waals surface area (Å²) < 4.78 is 5.70. The summed E-state index contributed by atoms with van der Waals surface area (Å²) in [5.74, 6) is 0.814. The normalized spacial score (nSPS) is 12.8. The molecule has 0 heterocycles. The molecule has 0 fully saturated rings. The molecule has 0 saturated heterocycles. The third-order valence-electron chi connectivity index (χ3n) is 2.84. The molecular formula is C15H25NO2. The molecule has 18 heavy (non-hydrogen) atoms. The van der Waals surface area contributed by atoms with Gasteiger partial charge in [-0.05, 0) is 46.0 Å². The highest BCUT2D eigenvalue weighted by molar-refractivity contribution is 5.38. The predicted octanol–water partition coefficient (Wildman–Crippen LogP) is 2.77. The Morgan fingerprint density at radius 2 is 2.06 bits per heavy atom. The van der Waals surface area contributed by atoms with E-state index in [-0.39, 0.29) is 0 Å². The second-order valence-electron chi connectivity index (χ2n) is 5.00. The molecule has 1 atom stereocenters. The number of hydrogen-bond acceptors (Lipinski definition) is 3. The van der Waals surface area contributed by atoms with Crippen LogP contribution in [0.5, 0.6) is 5.75 Å². The van der Waals surface area contributed by atoms with E-state index in [2.05, 4.69) is 11.8 Å². The molecule has 1 aromatic carbocycles. The average molecular weight is 251 g/mol. The Balaban J connectivity index is 2.79. The van der Waals surface area contributed by atoms with Crippen molar-refractivity contribution in [3.05, 3.63) is 29.3 Å². The van der Waals surface area contributed by atoms with Crippen LogP contribution in [0.25, 0.3) is 0 Å². The molecule has 3 heteroatoms. The van der Waals surface area contributed by atoms with Crippen molar-refractivity contribution in [3.63, 3.8) is 0 Å². The molecular weight excluding hydrogens is 226 g/mol. The van der Waals surface area contributed by atoms with E-state index >= 15 is 0 Å². The van der Waals surface area contributed by atoms with Crippen molar-refractivity contribution in [1.29, 1.82) is 0 Å². The molecule has 0 radical (unpaired) electrons. The van der Waals surface area contributed by atoms with Crippen molar-refractivity contribution < 1.29 is 9.84 Å². The van der Waals surface area contributed by atoms with E-state index < -0.39 is 6.10 Å². The maximum Gasteiger partial charge on any atom is 0.125 e. The Morgan fingerprint density at radius 1 is 1.33 bits per heavy atom. The third kappa shape index (κ3) is 4.67. The van der Waals surface area contributed by atoms with Crippen molar-refractivity contribution in [2.75, 3.05) is 27.2 Å². The first-order chi connectivity index (χ1) is 8.54. The van der Waals surface area contributed by atoms with Gasteiger partial charge in [0.1, 0.15) is 5.75 Å². The van der Waals surface area contributed by atoms with Gasteiger partial charge in [-0.15, -0.1) is 0 Å². The fourth-order valence-electron chi connectivity index (χ4n) is 1.81. The van der Waals surface area contributed by atoms with Crippen LogP contribution in [0, 0.1) is 6.92 Å². The lowest BCUT2D eigenvalue weighted by molar-refractivity contribution is 0.149. The van der Waals surface area contributed by atoms with Crippen molar-refractivity contribution in [1.82, 2.24) is 4.90 Å². The van der Waals surface area contributed by atoms with Gasteiger partial charge in [-0.3, -0.25) is 0 Å². The van der Waals surface area contributed by atoms with Gasteiger partial charge in [-0.25, -0.2) is 0 Å². The standard InChI is InChI=1S/C15H25NO2/c1-5-10-18-15-7-6-12(2)11-13(15)14(17)8-9-16(3)4/h6-7,11,14,17H,5,8-10H2,1-4H3. The minimum absolute atomic E-state index is 0.459. The lowest BCUT2D eigenvalue weighted by atomic mass is 10.0. The summed E-state index contributed by atoms with van der Waals surface area (Å²) in [5.41, 5.74) is 2.06. The van der Waals surface area contributed by atoms with Gasteiger partial charge in [0.25, 0.3) is 0 Å². The number of hydrogen-bond donors (Lipinski definition) is 1. The van der Waals surface area contributed by atoms with Gasteiger partial charge in [-0.1, -0.05) is 18.6 Å². The molecule has 1 aromatic rings. The average Bonchev–Trinajstić information content (AvgIpc) is 2.34. The highest BCUT2D eigenvalue weighted by Crippen LogP contribution is 2.28. The Hall–Kier alpha value is -1.06.